The molecule has 0 bridgehead atoms. The summed E-state index contributed by atoms with van der Waals surface area (Å²) in [5.74, 6) is 0.288. The van der Waals surface area contributed by atoms with Crippen LogP contribution in [0.2, 0.25) is 5.02 Å². The van der Waals surface area contributed by atoms with E-state index in [4.69, 9.17) is 16.3 Å². The van der Waals surface area contributed by atoms with Crippen molar-refractivity contribution in [2.75, 3.05) is 12.4 Å². The van der Waals surface area contributed by atoms with Crippen LogP contribution in [0.3, 0.4) is 0 Å². The summed E-state index contributed by atoms with van der Waals surface area (Å²) < 4.78 is 6.18. The van der Waals surface area contributed by atoms with Crippen molar-refractivity contribution in [3.63, 3.8) is 0 Å². The molecule has 0 aliphatic rings. The Labute approximate surface area is 127 Å². The smallest absolute Gasteiger partial charge is 0.349 e. The van der Waals surface area contributed by atoms with Crippen molar-refractivity contribution in [2.45, 2.75) is 0 Å². The van der Waals surface area contributed by atoms with E-state index in [0.717, 1.165) is 10.7 Å². The first-order chi connectivity index (χ1) is 9.51. The van der Waals surface area contributed by atoms with Crippen LogP contribution in [0.25, 0.3) is 0 Å². The van der Waals surface area contributed by atoms with Crippen LogP contribution in [-0.2, 0) is 0 Å². The Morgan fingerprint density at radius 2 is 2.25 bits per heavy atom. The van der Waals surface area contributed by atoms with E-state index in [9.17, 15) is 10.1 Å². The molecule has 0 saturated heterocycles. The van der Waals surface area contributed by atoms with Gasteiger partial charge in [0.1, 0.15) is 11.9 Å². The van der Waals surface area contributed by atoms with E-state index in [1.54, 1.807) is 25.2 Å². The number of nitro groups is 1. The van der Waals surface area contributed by atoms with Crippen molar-refractivity contribution in [1.29, 1.82) is 0 Å². The number of nitrogens with zero attached hydrogens (tertiary/aromatic N) is 3. The summed E-state index contributed by atoms with van der Waals surface area (Å²) >= 11 is 9.26. The van der Waals surface area contributed by atoms with Crippen LogP contribution in [-0.4, -0.2) is 21.9 Å². The molecule has 0 radical (unpaired) electrons. The van der Waals surface area contributed by atoms with Gasteiger partial charge in [0.15, 0.2) is 0 Å². The molecule has 0 aliphatic heterocycles. The average molecular weight is 360 g/mol. The Hall–Kier alpha value is -1.93. The first-order valence-corrected chi connectivity index (χ1v) is 6.50. The lowest BCUT2D eigenvalue weighted by Crippen LogP contribution is -2.02. The Morgan fingerprint density at radius 1 is 1.50 bits per heavy atom. The maximum atomic E-state index is 10.9. The Kier molecular flexibility index (Phi) is 4.35. The van der Waals surface area contributed by atoms with Gasteiger partial charge in [0.05, 0.1) is 9.95 Å². The van der Waals surface area contributed by atoms with Crippen LogP contribution >= 0.6 is 27.5 Å². The predicted octanol–water partition coefficient (Wildman–Crippen LogP) is 3.63. The number of hydrogen-bond donors (Lipinski definition) is 1. The maximum Gasteiger partial charge on any atom is 0.349 e. The van der Waals surface area contributed by atoms with Gasteiger partial charge < -0.3 is 10.1 Å². The van der Waals surface area contributed by atoms with Crippen LogP contribution in [0.15, 0.2) is 28.9 Å². The van der Waals surface area contributed by atoms with Crippen molar-refractivity contribution in [3.8, 4) is 11.6 Å². The van der Waals surface area contributed by atoms with Gasteiger partial charge in [-0.1, -0.05) is 27.5 Å². The highest BCUT2D eigenvalue weighted by Gasteiger charge is 2.20. The fourth-order valence-corrected chi connectivity index (χ4v) is 2.05. The molecule has 1 N–H and O–H groups in total. The number of aromatic nitrogens is 2. The highest BCUT2D eigenvalue weighted by molar-refractivity contribution is 9.10. The number of benzene rings is 1. The molecule has 2 rings (SSSR count). The van der Waals surface area contributed by atoms with Crippen LogP contribution in [0, 0.1) is 10.1 Å². The van der Waals surface area contributed by atoms with Gasteiger partial charge >= 0.3 is 11.6 Å². The van der Waals surface area contributed by atoms with E-state index in [-0.39, 0.29) is 23.3 Å². The van der Waals surface area contributed by atoms with Gasteiger partial charge in [-0.05, 0) is 18.2 Å². The molecule has 9 heteroatoms. The van der Waals surface area contributed by atoms with Gasteiger partial charge in [-0.3, -0.25) is 10.1 Å². The quantitative estimate of drug-likeness (QED) is 0.662. The zero-order chi connectivity index (χ0) is 14.7. The number of halogens is 2. The van der Waals surface area contributed by atoms with Gasteiger partial charge in [-0.15, -0.1) is 0 Å². The van der Waals surface area contributed by atoms with E-state index in [2.05, 4.69) is 31.2 Å². The van der Waals surface area contributed by atoms with Crippen molar-refractivity contribution in [2.24, 2.45) is 0 Å². The van der Waals surface area contributed by atoms with E-state index in [1.807, 2.05) is 0 Å². The van der Waals surface area contributed by atoms with Crippen molar-refractivity contribution < 1.29 is 9.66 Å². The van der Waals surface area contributed by atoms with Crippen molar-refractivity contribution >= 4 is 39.2 Å². The molecule has 7 nitrogen and oxygen atoms in total. The van der Waals surface area contributed by atoms with Gasteiger partial charge in [0, 0.05) is 11.5 Å². The number of nitrogens with one attached hydrogen (secondary N) is 1. The molecule has 20 heavy (non-hydrogen) atoms. The fourth-order valence-electron chi connectivity index (χ4n) is 1.34. The number of rotatable bonds is 4. The fraction of sp³-hybridized carbons (Fsp3) is 0.0909. The topological polar surface area (TPSA) is 90.2 Å². The minimum absolute atomic E-state index is 0.182. The molecule has 1 aromatic carbocycles. The van der Waals surface area contributed by atoms with E-state index >= 15 is 0 Å². The molecule has 0 amide bonds. The second-order valence-corrected chi connectivity index (χ2v) is 4.89. The lowest BCUT2D eigenvalue weighted by atomic mass is 10.3. The second kappa shape index (κ2) is 6.02. The summed E-state index contributed by atoms with van der Waals surface area (Å²) in [5.41, 5.74) is -0.344. The second-order valence-electron chi connectivity index (χ2n) is 3.57. The maximum absolute atomic E-state index is 10.9. The van der Waals surface area contributed by atoms with Crippen molar-refractivity contribution in [1.82, 2.24) is 9.97 Å². The molecule has 0 atom stereocenters. The zero-order valence-electron chi connectivity index (χ0n) is 10.1. The van der Waals surface area contributed by atoms with Gasteiger partial charge in [0.2, 0.25) is 5.95 Å². The minimum Gasteiger partial charge on any atom is -0.432 e. The molecule has 0 spiro atoms. The standard InChI is InChI=1S/C11H8BrClN4O3/c1-14-11-15-5-8(17(18)19)10(16-11)20-9-3-2-6(12)4-7(9)13/h2-5H,1H3,(H,14,15,16). The lowest BCUT2D eigenvalue weighted by molar-refractivity contribution is -0.386. The summed E-state index contributed by atoms with van der Waals surface area (Å²) in [6.45, 7) is 0. The third kappa shape index (κ3) is 3.14. The zero-order valence-corrected chi connectivity index (χ0v) is 12.5. The molecular formula is C11H8BrClN4O3. The summed E-state index contributed by atoms with van der Waals surface area (Å²) in [4.78, 5) is 18.0. The first kappa shape index (κ1) is 14.5. The molecule has 0 fully saturated rings. The highest BCUT2D eigenvalue weighted by atomic mass is 79.9. The van der Waals surface area contributed by atoms with Gasteiger partial charge in [0.25, 0.3) is 0 Å². The van der Waals surface area contributed by atoms with Crippen molar-refractivity contribution in [3.05, 3.63) is 44.0 Å². The minimum atomic E-state index is -0.623. The summed E-state index contributed by atoms with van der Waals surface area (Å²) in [7, 11) is 1.59. The Balaban J connectivity index is 2.43. The summed E-state index contributed by atoms with van der Waals surface area (Å²) in [5, 5.41) is 13.9. The molecule has 1 aromatic heterocycles. The lowest BCUT2D eigenvalue weighted by Gasteiger charge is -2.08. The van der Waals surface area contributed by atoms with Crippen LogP contribution < -0.4 is 10.1 Å². The molecule has 0 aliphatic carbocycles. The third-order valence-corrected chi connectivity index (χ3v) is 3.05. The van der Waals surface area contributed by atoms with Crippen LogP contribution in [0.5, 0.6) is 11.6 Å². The number of hydrogen-bond acceptors (Lipinski definition) is 6. The highest BCUT2D eigenvalue weighted by Crippen LogP contribution is 2.34. The SMILES string of the molecule is CNc1ncc([N+](=O)[O-])c(Oc2ccc(Br)cc2Cl)n1. The largest absolute Gasteiger partial charge is 0.432 e. The van der Waals surface area contributed by atoms with E-state index in [0.29, 0.717) is 5.02 Å². The molecule has 104 valence electrons. The molecule has 2 aromatic rings. The molecule has 1 heterocycles. The monoisotopic (exact) mass is 358 g/mol. The molecular weight excluding hydrogens is 352 g/mol. The Bertz CT molecular complexity index is 668. The van der Waals surface area contributed by atoms with E-state index < -0.39 is 4.92 Å². The third-order valence-electron chi connectivity index (χ3n) is 2.26. The number of ether oxygens (including phenoxy) is 1. The normalized spacial score (nSPS) is 10.2. The Morgan fingerprint density at radius 3 is 2.85 bits per heavy atom. The molecule has 0 unspecified atom stereocenters. The van der Waals surface area contributed by atoms with Gasteiger partial charge in [-0.2, -0.15) is 4.98 Å². The summed E-state index contributed by atoms with van der Waals surface area (Å²) in [6.07, 6.45) is 1.07. The van der Waals surface area contributed by atoms with Crippen LogP contribution in [0.4, 0.5) is 11.6 Å². The van der Waals surface area contributed by atoms with E-state index in [1.165, 1.54) is 0 Å². The molecule has 0 saturated carbocycles. The first-order valence-electron chi connectivity index (χ1n) is 5.33. The summed E-state index contributed by atoms with van der Waals surface area (Å²) in [6, 6.07) is 4.90. The van der Waals surface area contributed by atoms with Crippen LogP contribution in [0.1, 0.15) is 0 Å². The predicted molar refractivity (Wildman–Crippen MR) is 77.5 cm³/mol. The number of anilines is 1. The average Bonchev–Trinajstić information content (AvgIpc) is 2.41. The van der Waals surface area contributed by atoms with Gasteiger partial charge in [-0.25, -0.2) is 4.98 Å².